The van der Waals surface area contributed by atoms with Gasteiger partial charge in [-0.25, -0.2) is 0 Å². The van der Waals surface area contributed by atoms with Gasteiger partial charge >= 0.3 is 5.97 Å². The summed E-state index contributed by atoms with van der Waals surface area (Å²) in [5, 5.41) is 10.7. The number of hydrogen-bond donors (Lipinski definition) is 0. The molecule has 37 heavy (non-hydrogen) atoms. The average Bonchev–Trinajstić information content (AvgIpc) is 3.45. The minimum absolute atomic E-state index is 0.0160. The Bertz CT molecular complexity index is 1270. The van der Waals surface area contributed by atoms with E-state index in [2.05, 4.69) is 4.84 Å². The summed E-state index contributed by atoms with van der Waals surface area (Å²) < 4.78 is 16.9. The number of rotatable bonds is 8. The van der Waals surface area contributed by atoms with Crippen molar-refractivity contribution in [3.63, 3.8) is 0 Å². The Morgan fingerprint density at radius 3 is 2.24 bits per heavy atom. The Kier molecular flexibility index (Phi) is 7.48. The van der Waals surface area contributed by atoms with E-state index < -0.39 is 35.5 Å². The number of ether oxygens (including phenoxy) is 3. The molecular formula is C26H22Cl2N2O7. The largest absolute Gasteiger partial charge is 0.457 e. The molecule has 0 N–H and O–H groups in total. The average molecular weight is 545 g/mol. The van der Waals surface area contributed by atoms with Crippen molar-refractivity contribution in [3.05, 3.63) is 98.5 Å². The van der Waals surface area contributed by atoms with Crippen LogP contribution in [-0.4, -0.2) is 48.7 Å². The first-order chi connectivity index (χ1) is 17.9. The highest BCUT2D eigenvalue weighted by molar-refractivity contribution is 6.39. The molecule has 3 aromatic carbocycles. The van der Waals surface area contributed by atoms with Crippen molar-refractivity contribution in [1.82, 2.24) is 0 Å². The fraction of sp³-hybridized carbons (Fsp3) is 0.269. The fourth-order valence-electron chi connectivity index (χ4n) is 4.64. The van der Waals surface area contributed by atoms with E-state index in [-0.39, 0.29) is 19.6 Å². The number of esters is 1. The minimum Gasteiger partial charge on any atom is -0.457 e. The zero-order valence-corrected chi connectivity index (χ0v) is 20.9. The summed E-state index contributed by atoms with van der Waals surface area (Å²) in [6.07, 6.45) is -2.92. The smallest absolute Gasteiger partial charge is 0.310 e. The van der Waals surface area contributed by atoms with E-state index >= 15 is 0 Å². The summed E-state index contributed by atoms with van der Waals surface area (Å²) in [6.45, 7) is 0.0451. The van der Waals surface area contributed by atoms with Gasteiger partial charge in [-0.1, -0.05) is 65.7 Å². The molecule has 0 spiro atoms. The Balaban J connectivity index is 1.39. The van der Waals surface area contributed by atoms with Crippen LogP contribution in [0.15, 0.2) is 72.8 Å². The molecule has 0 amide bonds. The van der Waals surface area contributed by atoms with Gasteiger partial charge in [0.25, 0.3) is 5.09 Å². The first kappa shape index (κ1) is 25.3. The molecule has 0 saturated carbocycles. The molecule has 0 aliphatic carbocycles. The SMILES string of the molecule is O=C(Cc1ccccc1N(c1ccccc1)c1c(Cl)cccc1Cl)O[C@H]1CO[C@H]2[C@H]1OC[C@H]2O[N+](=O)[O-]. The van der Waals surface area contributed by atoms with E-state index in [1.165, 1.54) is 0 Å². The van der Waals surface area contributed by atoms with Crippen LogP contribution in [0.4, 0.5) is 17.1 Å². The minimum atomic E-state index is -0.875. The number of hydrogen-bond acceptors (Lipinski definition) is 8. The maximum Gasteiger partial charge on any atom is 0.310 e. The Labute approximate surface area is 222 Å². The summed E-state index contributed by atoms with van der Waals surface area (Å²) in [5.41, 5.74) is 2.78. The van der Waals surface area contributed by atoms with Crippen LogP contribution < -0.4 is 4.90 Å². The van der Waals surface area contributed by atoms with Crippen LogP contribution in [0.5, 0.6) is 0 Å². The molecule has 11 heteroatoms. The highest BCUT2D eigenvalue weighted by Gasteiger charge is 2.51. The third-order valence-corrected chi connectivity index (χ3v) is 6.82. The first-order valence-electron chi connectivity index (χ1n) is 11.5. The molecule has 2 aliphatic heterocycles. The van der Waals surface area contributed by atoms with E-state index in [1.54, 1.807) is 18.2 Å². The summed E-state index contributed by atoms with van der Waals surface area (Å²) in [6, 6.07) is 22.2. The Morgan fingerprint density at radius 1 is 0.919 bits per heavy atom. The van der Waals surface area contributed by atoms with E-state index in [9.17, 15) is 14.9 Å². The van der Waals surface area contributed by atoms with Gasteiger partial charge in [0.2, 0.25) is 0 Å². The second kappa shape index (κ2) is 10.9. The van der Waals surface area contributed by atoms with Gasteiger partial charge in [-0.3, -0.25) is 4.79 Å². The van der Waals surface area contributed by atoms with E-state index in [0.717, 1.165) is 5.69 Å². The van der Waals surface area contributed by atoms with Gasteiger partial charge in [0, 0.05) is 5.69 Å². The number of halogens is 2. The van der Waals surface area contributed by atoms with Crippen molar-refractivity contribution in [2.75, 3.05) is 18.1 Å². The van der Waals surface area contributed by atoms with Crippen molar-refractivity contribution in [2.24, 2.45) is 0 Å². The third kappa shape index (κ3) is 5.35. The van der Waals surface area contributed by atoms with Crippen molar-refractivity contribution < 1.29 is 28.9 Å². The fourth-order valence-corrected chi connectivity index (χ4v) is 5.21. The topological polar surface area (TPSA) is 100 Å². The van der Waals surface area contributed by atoms with Gasteiger partial charge in [-0.05, 0) is 35.9 Å². The molecule has 2 heterocycles. The molecule has 5 rings (SSSR count). The second-order valence-corrected chi connectivity index (χ2v) is 9.35. The van der Waals surface area contributed by atoms with Crippen LogP contribution in [-0.2, 0) is 30.3 Å². The molecule has 3 aromatic rings. The van der Waals surface area contributed by atoms with E-state index in [0.29, 0.717) is 27.0 Å². The van der Waals surface area contributed by atoms with Crippen LogP contribution in [0.25, 0.3) is 0 Å². The number of anilines is 3. The van der Waals surface area contributed by atoms with E-state index in [1.807, 2.05) is 59.5 Å². The van der Waals surface area contributed by atoms with Gasteiger partial charge in [0.05, 0.1) is 41.1 Å². The lowest BCUT2D eigenvalue weighted by Crippen LogP contribution is -2.36. The standard InChI is InChI=1S/C26H22Cl2N2O7/c27-18-10-6-11-19(28)24(18)29(17-8-2-1-3-9-17)20-12-5-4-7-16(20)13-23(31)36-21-14-34-26-22(37-30(32)33)15-35-25(21)26/h1-12,21-22,25-26H,13-15H2/t21-,22+,25-,26+/m0/s1. The number of para-hydroxylation sites is 3. The summed E-state index contributed by atoms with van der Waals surface area (Å²) >= 11 is 13.2. The Hall–Kier alpha value is -3.37. The predicted molar refractivity (Wildman–Crippen MR) is 136 cm³/mol. The maximum atomic E-state index is 13.1. The summed E-state index contributed by atoms with van der Waals surface area (Å²) in [4.78, 5) is 30.3. The monoisotopic (exact) mass is 544 g/mol. The molecule has 0 unspecified atom stereocenters. The molecular weight excluding hydrogens is 523 g/mol. The van der Waals surface area contributed by atoms with Crippen LogP contribution >= 0.6 is 23.2 Å². The van der Waals surface area contributed by atoms with E-state index in [4.69, 9.17) is 37.4 Å². The van der Waals surface area contributed by atoms with Crippen molar-refractivity contribution in [1.29, 1.82) is 0 Å². The molecule has 0 bridgehead atoms. The van der Waals surface area contributed by atoms with Crippen molar-refractivity contribution in [2.45, 2.75) is 30.8 Å². The molecule has 2 saturated heterocycles. The summed E-state index contributed by atoms with van der Waals surface area (Å²) in [5.74, 6) is -0.498. The number of carbonyl (C=O) groups is 1. The number of carbonyl (C=O) groups excluding carboxylic acids is 1. The van der Waals surface area contributed by atoms with Crippen LogP contribution in [0.3, 0.4) is 0 Å². The first-order valence-corrected chi connectivity index (χ1v) is 12.3. The third-order valence-electron chi connectivity index (χ3n) is 6.21. The Morgan fingerprint density at radius 2 is 1.54 bits per heavy atom. The summed E-state index contributed by atoms with van der Waals surface area (Å²) in [7, 11) is 0. The second-order valence-electron chi connectivity index (χ2n) is 8.54. The molecule has 9 nitrogen and oxygen atoms in total. The van der Waals surface area contributed by atoms with Crippen molar-refractivity contribution in [3.8, 4) is 0 Å². The van der Waals surface area contributed by atoms with Crippen LogP contribution in [0, 0.1) is 10.1 Å². The van der Waals surface area contributed by atoms with Gasteiger partial charge in [0.15, 0.2) is 12.2 Å². The van der Waals surface area contributed by atoms with Gasteiger partial charge in [-0.15, -0.1) is 10.1 Å². The molecule has 2 aliphatic rings. The van der Waals surface area contributed by atoms with Crippen LogP contribution in [0.1, 0.15) is 5.56 Å². The molecule has 4 atom stereocenters. The number of benzene rings is 3. The lowest BCUT2D eigenvalue weighted by molar-refractivity contribution is -0.769. The predicted octanol–water partition coefficient (Wildman–Crippen LogP) is 5.29. The molecule has 0 radical (unpaired) electrons. The lowest BCUT2D eigenvalue weighted by Gasteiger charge is -2.29. The highest BCUT2D eigenvalue weighted by atomic mass is 35.5. The van der Waals surface area contributed by atoms with Gasteiger partial charge < -0.3 is 23.9 Å². The van der Waals surface area contributed by atoms with Gasteiger partial charge in [0.1, 0.15) is 12.2 Å². The van der Waals surface area contributed by atoms with Crippen molar-refractivity contribution >= 4 is 46.2 Å². The lowest BCUT2D eigenvalue weighted by atomic mass is 10.1. The molecule has 192 valence electrons. The zero-order chi connectivity index (χ0) is 25.9. The maximum absolute atomic E-state index is 13.1. The highest BCUT2D eigenvalue weighted by Crippen LogP contribution is 2.44. The molecule has 0 aromatic heterocycles. The number of nitrogens with zero attached hydrogens (tertiary/aromatic N) is 2. The quantitative estimate of drug-likeness (QED) is 0.214. The van der Waals surface area contributed by atoms with Gasteiger partial charge in [-0.2, -0.15) is 0 Å². The molecule has 2 fully saturated rings. The normalized spacial score (nSPS) is 22.3. The zero-order valence-electron chi connectivity index (χ0n) is 19.4. The number of fused-ring (bicyclic) bond motifs is 1. The van der Waals surface area contributed by atoms with Crippen LogP contribution in [0.2, 0.25) is 10.0 Å².